The van der Waals surface area contributed by atoms with E-state index < -0.39 is 0 Å². The average molecular weight is 684 g/mol. The van der Waals surface area contributed by atoms with E-state index in [2.05, 4.69) is 73.5 Å². The quantitative estimate of drug-likeness (QED) is 0.170. The average Bonchev–Trinajstić information content (AvgIpc) is 3.66. The smallest absolute Gasteiger partial charge is 0.135 e. The van der Waals surface area contributed by atoms with Crippen LogP contribution in [0.3, 0.4) is 0 Å². The minimum Gasteiger partial charge on any atom is -0.495 e. The number of fused-ring (bicyclic) bond motifs is 8. The number of halogens is 1. The van der Waals surface area contributed by atoms with Crippen LogP contribution >= 0.6 is 35.1 Å². The largest absolute Gasteiger partial charge is 0.495 e. The van der Waals surface area contributed by atoms with Crippen molar-refractivity contribution < 1.29 is 9.47 Å². The summed E-state index contributed by atoms with van der Waals surface area (Å²) >= 11 is 10.7. The van der Waals surface area contributed by atoms with Gasteiger partial charge >= 0.3 is 0 Å². The Morgan fingerprint density at radius 2 is 1.81 bits per heavy atom. The molecule has 0 N–H and O–H groups in total. The van der Waals surface area contributed by atoms with Gasteiger partial charge in [-0.1, -0.05) is 42.4 Å². The maximum atomic E-state index is 7.11. The molecule has 1 aliphatic rings. The number of ether oxygens (including phenoxy) is 2. The van der Waals surface area contributed by atoms with Gasteiger partial charge in [-0.2, -0.15) is 10.2 Å². The fraction of sp³-hybridized carbons (Fsp3) is 0.297. The van der Waals surface area contributed by atoms with Crippen molar-refractivity contribution in [2.45, 2.75) is 49.0 Å². The summed E-state index contributed by atoms with van der Waals surface area (Å²) in [6.45, 7) is 9.84. The number of methoxy groups -OCH3 is 1. The van der Waals surface area contributed by atoms with E-state index in [-0.39, 0.29) is 0 Å². The van der Waals surface area contributed by atoms with Crippen LogP contribution in [-0.4, -0.2) is 37.8 Å². The van der Waals surface area contributed by atoms with E-state index in [1.54, 1.807) is 7.11 Å². The number of aromatic nitrogens is 5. The fourth-order valence-corrected chi connectivity index (χ4v) is 8.78. The summed E-state index contributed by atoms with van der Waals surface area (Å²) in [6, 6.07) is 19.2. The second kappa shape index (κ2) is 13.0. The van der Waals surface area contributed by atoms with Gasteiger partial charge in [-0.3, -0.25) is 9.36 Å². The predicted molar refractivity (Wildman–Crippen MR) is 196 cm³/mol. The second-order valence-electron chi connectivity index (χ2n) is 12.0. The van der Waals surface area contributed by atoms with Crippen LogP contribution in [0.25, 0.3) is 38.6 Å². The van der Waals surface area contributed by atoms with Crippen LogP contribution in [0, 0.1) is 13.8 Å². The SMILES string of the molecule is C=C(OC)c1c(C)c2c3c(Cl)ccc2n1CCCOc1cc(cc2ccccc12)SCc1cc(nn1C)CSCc1nn(C)c(C)c1-3. The van der Waals surface area contributed by atoms with Gasteiger partial charge in [-0.05, 0) is 61.5 Å². The molecule has 3 aromatic carbocycles. The molecule has 0 amide bonds. The number of nitrogens with zero attached hydrogens (tertiary/aromatic N) is 5. The van der Waals surface area contributed by atoms with Crippen molar-refractivity contribution in [3.8, 4) is 16.9 Å². The first kappa shape index (κ1) is 31.8. The third-order valence-corrected chi connectivity index (χ3v) is 11.4. The molecule has 4 heterocycles. The van der Waals surface area contributed by atoms with Crippen molar-refractivity contribution >= 4 is 62.6 Å². The lowest BCUT2D eigenvalue weighted by molar-refractivity contribution is 0.304. The van der Waals surface area contributed by atoms with Gasteiger partial charge in [0.05, 0.1) is 30.8 Å². The highest BCUT2D eigenvalue weighted by Crippen LogP contribution is 2.44. The van der Waals surface area contributed by atoms with Crippen LogP contribution in [0.4, 0.5) is 0 Å². The molecule has 0 radical (unpaired) electrons. The number of aryl methyl sites for hydroxylation is 4. The summed E-state index contributed by atoms with van der Waals surface area (Å²) in [5.74, 6) is 3.87. The molecule has 242 valence electrons. The lowest BCUT2D eigenvalue weighted by Crippen LogP contribution is -2.08. The molecule has 10 heteroatoms. The van der Waals surface area contributed by atoms with E-state index in [1.807, 2.05) is 53.0 Å². The lowest BCUT2D eigenvalue weighted by Gasteiger charge is -2.15. The van der Waals surface area contributed by atoms with Crippen LogP contribution in [0.2, 0.25) is 5.02 Å². The molecule has 0 saturated heterocycles. The highest BCUT2D eigenvalue weighted by atomic mass is 35.5. The first-order valence-electron chi connectivity index (χ1n) is 15.7. The minimum absolute atomic E-state index is 0.560. The number of benzene rings is 3. The number of rotatable bonds is 2. The van der Waals surface area contributed by atoms with E-state index in [4.69, 9.17) is 31.3 Å². The van der Waals surface area contributed by atoms with Gasteiger partial charge in [-0.25, -0.2) is 0 Å². The van der Waals surface area contributed by atoms with E-state index >= 15 is 0 Å². The van der Waals surface area contributed by atoms with Crippen LogP contribution < -0.4 is 4.74 Å². The Labute approximate surface area is 288 Å². The van der Waals surface area contributed by atoms with Crippen LogP contribution in [-0.2, 0) is 42.6 Å². The summed E-state index contributed by atoms with van der Waals surface area (Å²) in [5.41, 5.74) is 9.59. The zero-order valence-electron chi connectivity index (χ0n) is 27.4. The summed E-state index contributed by atoms with van der Waals surface area (Å²) in [7, 11) is 5.71. The van der Waals surface area contributed by atoms with Gasteiger partial charge in [0, 0.05) is 86.6 Å². The first-order chi connectivity index (χ1) is 22.7. The van der Waals surface area contributed by atoms with Gasteiger partial charge in [-0.15, -0.1) is 23.5 Å². The summed E-state index contributed by atoms with van der Waals surface area (Å²) in [5, 5.41) is 13.9. The molecule has 3 aromatic heterocycles. The molecular weight excluding hydrogens is 646 g/mol. The molecule has 0 unspecified atom stereocenters. The topological polar surface area (TPSA) is 59.0 Å². The molecule has 0 fully saturated rings. The highest BCUT2D eigenvalue weighted by Gasteiger charge is 2.26. The van der Waals surface area contributed by atoms with E-state index in [1.165, 1.54) is 16.0 Å². The number of hydrogen-bond acceptors (Lipinski definition) is 6. The van der Waals surface area contributed by atoms with Crippen LogP contribution in [0.5, 0.6) is 5.75 Å². The van der Waals surface area contributed by atoms with Gasteiger partial charge in [0.1, 0.15) is 11.5 Å². The standard InChI is InChI=1S/C37H38ClN5O2S2/c1-22-34-32-13-12-30(38)36(34)35-23(2)41(4)40-31(35)21-46-19-26-17-27(42(5)39-26)20-47-28-16-25-10-7-8-11-29(25)33(18-28)45-15-9-14-43(32)37(22)24(3)44-6/h7-8,10-13,16-18H,3,9,14-15,19-21H2,1-2,4-6H3. The summed E-state index contributed by atoms with van der Waals surface area (Å²) in [6.07, 6.45) is 0.794. The Kier molecular flexibility index (Phi) is 8.80. The molecule has 0 aliphatic carbocycles. The molecule has 8 bridgehead atoms. The fourth-order valence-electron chi connectivity index (χ4n) is 6.69. The molecule has 0 spiro atoms. The van der Waals surface area contributed by atoms with Gasteiger partial charge in [0.2, 0.25) is 0 Å². The molecule has 0 atom stereocenters. The minimum atomic E-state index is 0.560. The Balaban J connectivity index is 1.37. The Hall–Kier alpha value is -3.79. The highest BCUT2D eigenvalue weighted by molar-refractivity contribution is 7.98. The maximum absolute atomic E-state index is 7.11. The lowest BCUT2D eigenvalue weighted by atomic mass is 9.97. The van der Waals surface area contributed by atoms with E-state index in [0.717, 1.165) is 91.7 Å². The number of thioether (sulfide) groups is 2. The molecule has 1 aliphatic heterocycles. The Morgan fingerprint density at radius 3 is 2.64 bits per heavy atom. The number of hydrogen-bond donors (Lipinski definition) is 0. The zero-order valence-corrected chi connectivity index (χ0v) is 29.8. The third-order valence-electron chi connectivity index (χ3n) is 9.07. The zero-order chi connectivity index (χ0) is 32.8. The van der Waals surface area contributed by atoms with E-state index in [0.29, 0.717) is 17.4 Å². The van der Waals surface area contributed by atoms with Crippen molar-refractivity contribution in [1.82, 2.24) is 24.1 Å². The van der Waals surface area contributed by atoms with Crippen molar-refractivity contribution in [3.63, 3.8) is 0 Å². The Bertz CT molecular complexity index is 2160. The van der Waals surface area contributed by atoms with Crippen molar-refractivity contribution in [3.05, 3.63) is 100 Å². The molecular formula is C37H38ClN5O2S2. The molecule has 7 rings (SSSR count). The molecule has 0 saturated carbocycles. The predicted octanol–water partition coefficient (Wildman–Crippen LogP) is 9.32. The van der Waals surface area contributed by atoms with E-state index in [9.17, 15) is 0 Å². The van der Waals surface area contributed by atoms with Crippen molar-refractivity contribution in [1.29, 1.82) is 0 Å². The molecule has 47 heavy (non-hydrogen) atoms. The summed E-state index contributed by atoms with van der Waals surface area (Å²) in [4.78, 5) is 1.18. The molecule has 6 aromatic rings. The monoisotopic (exact) mass is 683 g/mol. The molecule has 7 nitrogen and oxygen atoms in total. The van der Waals surface area contributed by atoms with Crippen molar-refractivity contribution in [2.75, 3.05) is 13.7 Å². The maximum Gasteiger partial charge on any atom is 0.135 e. The van der Waals surface area contributed by atoms with Gasteiger partial charge < -0.3 is 14.0 Å². The van der Waals surface area contributed by atoms with Gasteiger partial charge in [0.15, 0.2) is 0 Å². The first-order valence-corrected chi connectivity index (χ1v) is 18.2. The second-order valence-corrected chi connectivity index (χ2v) is 14.4. The van der Waals surface area contributed by atoms with Crippen LogP contribution in [0.15, 0.2) is 66.1 Å². The van der Waals surface area contributed by atoms with Crippen molar-refractivity contribution in [2.24, 2.45) is 14.1 Å². The van der Waals surface area contributed by atoms with Gasteiger partial charge in [0.25, 0.3) is 0 Å². The summed E-state index contributed by atoms with van der Waals surface area (Å²) < 4.78 is 18.6. The van der Waals surface area contributed by atoms with Crippen LogP contribution in [0.1, 0.15) is 40.5 Å². The third kappa shape index (κ3) is 5.83. The Morgan fingerprint density at radius 1 is 0.979 bits per heavy atom. The normalized spacial score (nSPS) is 14.2.